The number of carbonyl (C=O) groups excluding carboxylic acids is 1. The summed E-state index contributed by atoms with van der Waals surface area (Å²) in [4.78, 5) is 11.1. The molecule has 2 N–H and O–H groups in total. The fourth-order valence-electron chi connectivity index (χ4n) is 1.21. The van der Waals surface area contributed by atoms with E-state index in [0.29, 0.717) is 11.3 Å². The summed E-state index contributed by atoms with van der Waals surface area (Å²) >= 11 is 0. The van der Waals surface area contributed by atoms with Crippen LogP contribution in [-0.4, -0.2) is 24.2 Å². The maximum Gasteiger partial charge on any atom is 0.337 e. The summed E-state index contributed by atoms with van der Waals surface area (Å²) in [5.41, 5.74) is 0.946. The quantitative estimate of drug-likeness (QED) is 0.590. The Kier molecular flexibility index (Phi) is 3.55. The van der Waals surface area contributed by atoms with Crippen LogP contribution in [-0.2, 0) is 4.74 Å². The van der Waals surface area contributed by atoms with Crippen LogP contribution >= 0.6 is 0 Å². The van der Waals surface area contributed by atoms with Crippen LogP contribution in [0.2, 0.25) is 0 Å². The number of phenols is 1. The number of phenolic OH excluding ortho intramolecular Hbond substituents is 1. The van der Waals surface area contributed by atoms with Crippen LogP contribution in [0.4, 0.5) is 5.69 Å². The highest BCUT2D eigenvalue weighted by molar-refractivity contribution is 5.90. The molecule has 0 saturated heterocycles. The Bertz CT molecular complexity index is 361. The molecule has 0 amide bonds. The van der Waals surface area contributed by atoms with Crippen LogP contribution in [0.5, 0.6) is 5.75 Å². The van der Waals surface area contributed by atoms with Gasteiger partial charge in [0.15, 0.2) is 0 Å². The molecule has 1 aromatic carbocycles. The number of methoxy groups -OCH3 is 1. The Morgan fingerprint density at radius 2 is 2.13 bits per heavy atom. The van der Waals surface area contributed by atoms with Crippen LogP contribution in [0.3, 0.4) is 0 Å². The van der Waals surface area contributed by atoms with Crippen molar-refractivity contribution in [2.24, 2.45) is 0 Å². The lowest BCUT2D eigenvalue weighted by Gasteiger charge is -2.12. The fourth-order valence-corrected chi connectivity index (χ4v) is 1.21. The molecule has 4 heteroatoms. The zero-order valence-electron chi connectivity index (χ0n) is 9.07. The van der Waals surface area contributed by atoms with Gasteiger partial charge in [0, 0.05) is 6.04 Å². The highest BCUT2D eigenvalue weighted by atomic mass is 16.5. The Balaban J connectivity index is 2.93. The fraction of sp³-hybridized carbons (Fsp3) is 0.364. The molecule has 0 aromatic heterocycles. The number of carbonyl (C=O) groups is 1. The van der Waals surface area contributed by atoms with Gasteiger partial charge in [0.1, 0.15) is 5.75 Å². The predicted octanol–water partition coefficient (Wildman–Crippen LogP) is 2.00. The van der Waals surface area contributed by atoms with E-state index in [1.807, 2.05) is 13.8 Å². The zero-order valence-corrected chi connectivity index (χ0v) is 9.07. The maximum absolute atomic E-state index is 11.1. The van der Waals surface area contributed by atoms with Gasteiger partial charge in [-0.1, -0.05) is 0 Å². The van der Waals surface area contributed by atoms with Gasteiger partial charge in [0.05, 0.1) is 18.4 Å². The first kappa shape index (κ1) is 11.4. The van der Waals surface area contributed by atoms with E-state index in [2.05, 4.69) is 10.1 Å². The predicted molar refractivity (Wildman–Crippen MR) is 58.2 cm³/mol. The number of esters is 1. The molecule has 0 aliphatic carbocycles. The Morgan fingerprint density at radius 1 is 1.47 bits per heavy atom. The molecule has 4 nitrogen and oxygen atoms in total. The minimum Gasteiger partial charge on any atom is -0.506 e. The van der Waals surface area contributed by atoms with Crippen LogP contribution in [0, 0.1) is 0 Å². The number of hydrogen-bond acceptors (Lipinski definition) is 4. The number of anilines is 1. The smallest absolute Gasteiger partial charge is 0.337 e. The normalized spacial score (nSPS) is 10.1. The van der Waals surface area contributed by atoms with Crippen LogP contribution in [0.15, 0.2) is 18.2 Å². The molecule has 0 radical (unpaired) electrons. The highest BCUT2D eigenvalue weighted by Gasteiger charge is 2.09. The molecule has 0 saturated carbocycles. The molecule has 0 aliphatic rings. The van der Waals surface area contributed by atoms with Gasteiger partial charge in [-0.2, -0.15) is 0 Å². The first-order valence-corrected chi connectivity index (χ1v) is 4.72. The van der Waals surface area contributed by atoms with E-state index in [4.69, 9.17) is 0 Å². The molecule has 0 atom stereocenters. The summed E-state index contributed by atoms with van der Waals surface area (Å²) in [6.07, 6.45) is 0. The van der Waals surface area contributed by atoms with Crippen LogP contribution in [0.1, 0.15) is 24.2 Å². The molecule has 82 valence electrons. The lowest BCUT2D eigenvalue weighted by molar-refractivity contribution is 0.0600. The van der Waals surface area contributed by atoms with Crippen molar-refractivity contribution >= 4 is 11.7 Å². The van der Waals surface area contributed by atoms with Crippen molar-refractivity contribution in [2.75, 3.05) is 12.4 Å². The minimum absolute atomic E-state index is 0.0478. The van der Waals surface area contributed by atoms with Gasteiger partial charge >= 0.3 is 5.97 Å². The lowest BCUT2D eigenvalue weighted by Crippen LogP contribution is -2.10. The van der Waals surface area contributed by atoms with E-state index in [1.54, 1.807) is 12.1 Å². The topological polar surface area (TPSA) is 58.6 Å². The highest BCUT2D eigenvalue weighted by Crippen LogP contribution is 2.25. The molecule has 1 aromatic rings. The third-order valence-electron chi connectivity index (χ3n) is 1.86. The summed E-state index contributed by atoms with van der Waals surface area (Å²) in [6.45, 7) is 3.93. The van der Waals surface area contributed by atoms with Gasteiger partial charge in [0.25, 0.3) is 0 Å². The van der Waals surface area contributed by atoms with Gasteiger partial charge in [-0.15, -0.1) is 0 Å². The minimum atomic E-state index is -0.457. The standard InChI is InChI=1S/C11H15NO3/c1-7(2)12-9-5-4-8(6-10(9)13)11(14)15-3/h4-7,12-13H,1-3H3. The largest absolute Gasteiger partial charge is 0.506 e. The molecular formula is C11H15NO3. The summed E-state index contributed by atoms with van der Waals surface area (Å²) in [5, 5.41) is 12.7. The second kappa shape index (κ2) is 4.68. The van der Waals surface area contributed by atoms with Gasteiger partial charge in [-0.05, 0) is 32.0 Å². The number of nitrogens with one attached hydrogen (secondary N) is 1. The van der Waals surface area contributed by atoms with Crippen molar-refractivity contribution in [3.63, 3.8) is 0 Å². The summed E-state index contributed by atoms with van der Waals surface area (Å²) < 4.78 is 4.54. The van der Waals surface area contributed by atoms with Gasteiger partial charge in [-0.25, -0.2) is 4.79 Å². The summed E-state index contributed by atoms with van der Waals surface area (Å²) in [5.74, 6) is -0.409. The van der Waals surface area contributed by atoms with E-state index in [0.717, 1.165) is 0 Å². The first-order chi connectivity index (χ1) is 7.04. The number of rotatable bonds is 3. The molecule has 0 aliphatic heterocycles. The summed E-state index contributed by atoms with van der Waals surface area (Å²) in [6, 6.07) is 4.87. The number of ether oxygens (including phenoxy) is 1. The van der Waals surface area contributed by atoms with Crippen molar-refractivity contribution in [1.82, 2.24) is 0 Å². The molecule has 0 spiro atoms. The van der Waals surface area contributed by atoms with Crippen molar-refractivity contribution in [1.29, 1.82) is 0 Å². The second-order valence-electron chi connectivity index (χ2n) is 3.52. The van der Waals surface area contributed by atoms with Crippen molar-refractivity contribution in [2.45, 2.75) is 19.9 Å². The van der Waals surface area contributed by atoms with E-state index >= 15 is 0 Å². The van der Waals surface area contributed by atoms with Crippen LogP contribution in [0.25, 0.3) is 0 Å². The van der Waals surface area contributed by atoms with Gasteiger partial charge < -0.3 is 15.2 Å². The molecule has 0 unspecified atom stereocenters. The van der Waals surface area contributed by atoms with Gasteiger partial charge in [-0.3, -0.25) is 0 Å². The molecule has 1 rings (SSSR count). The third kappa shape index (κ3) is 2.87. The Hall–Kier alpha value is -1.71. The van der Waals surface area contributed by atoms with Gasteiger partial charge in [0.2, 0.25) is 0 Å². The number of benzene rings is 1. The molecular weight excluding hydrogens is 194 g/mol. The average molecular weight is 209 g/mol. The van der Waals surface area contributed by atoms with Crippen molar-refractivity contribution < 1.29 is 14.6 Å². The Morgan fingerprint density at radius 3 is 2.60 bits per heavy atom. The van der Waals surface area contributed by atoms with Crippen LogP contribution < -0.4 is 5.32 Å². The lowest BCUT2D eigenvalue weighted by atomic mass is 10.2. The molecule has 0 fully saturated rings. The maximum atomic E-state index is 11.1. The SMILES string of the molecule is COC(=O)c1ccc(NC(C)C)c(O)c1. The zero-order chi connectivity index (χ0) is 11.4. The first-order valence-electron chi connectivity index (χ1n) is 4.72. The van der Waals surface area contributed by atoms with Crippen molar-refractivity contribution in [3.05, 3.63) is 23.8 Å². The summed E-state index contributed by atoms with van der Waals surface area (Å²) in [7, 11) is 1.31. The molecule has 0 bridgehead atoms. The van der Waals surface area contributed by atoms with E-state index < -0.39 is 5.97 Å². The third-order valence-corrected chi connectivity index (χ3v) is 1.86. The van der Waals surface area contributed by atoms with E-state index in [-0.39, 0.29) is 11.8 Å². The molecule has 15 heavy (non-hydrogen) atoms. The number of hydrogen-bond donors (Lipinski definition) is 2. The number of aromatic hydroxyl groups is 1. The Labute approximate surface area is 88.9 Å². The monoisotopic (exact) mass is 209 g/mol. The van der Waals surface area contributed by atoms with E-state index in [9.17, 15) is 9.90 Å². The average Bonchev–Trinajstić information content (AvgIpc) is 2.19. The van der Waals surface area contributed by atoms with Crippen molar-refractivity contribution in [3.8, 4) is 5.75 Å². The second-order valence-corrected chi connectivity index (χ2v) is 3.52. The van der Waals surface area contributed by atoms with E-state index in [1.165, 1.54) is 13.2 Å². The molecule has 0 heterocycles.